The van der Waals surface area contributed by atoms with E-state index in [1.54, 1.807) is 0 Å². The van der Waals surface area contributed by atoms with E-state index < -0.39 is 9.84 Å². The maximum atomic E-state index is 11.6. The topological polar surface area (TPSA) is 63.4 Å². The highest BCUT2D eigenvalue weighted by Crippen LogP contribution is 2.22. The Labute approximate surface area is 121 Å². The van der Waals surface area contributed by atoms with Crippen LogP contribution < -0.4 is 5.73 Å². The molecular formula is C15H24N2O2S. The van der Waals surface area contributed by atoms with Crippen LogP contribution in [0.15, 0.2) is 24.3 Å². The largest absolute Gasteiger partial charge is 0.399 e. The van der Waals surface area contributed by atoms with Gasteiger partial charge >= 0.3 is 0 Å². The molecule has 1 saturated heterocycles. The number of sulfone groups is 1. The summed E-state index contributed by atoms with van der Waals surface area (Å²) in [5.41, 5.74) is 7.77. The Hall–Kier alpha value is -1.07. The molecule has 1 heterocycles. The van der Waals surface area contributed by atoms with E-state index in [-0.39, 0.29) is 6.04 Å². The molecule has 4 nitrogen and oxygen atoms in total. The molecule has 112 valence electrons. The summed E-state index contributed by atoms with van der Waals surface area (Å²) < 4.78 is 23.1. The molecule has 1 aliphatic heterocycles. The van der Waals surface area contributed by atoms with E-state index in [0.717, 1.165) is 18.7 Å². The zero-order valence-corrected chi connectivity index (χ0v) is 13.1. The molecule has 1 aliphatic rings. The van der Waals surface area contributed by atoms with Crippen LogP contribution in [0, 0.1) is 0 Å². The first kappa shape index (κ1) is 15.3. The first-order valence-electron chi connectivity index (χ1n) is 7.17. The van der Waals surface area contributed by atoms with Crippen LogP contribution in [0.5, 0.6) is 0 Å². The molecule has 1 fully saturated rings. The SMILES string of the molecule is CC(CCN1CCS(=O)(=O)CC1C)c1ccc(N)cc1. The summed E-state index contributed by atoms with van der Waals surface area (Å²) >= 11 is 0. The van der Waals surface area contributed by atoms with Crippen molar-refractivity contribution in [3.63, 3.8) is 0 Å². The molecule has 20 heavy (non-hydrogen) atoms. The van der Waals surface area contributed by atoms with Crippen molar-refractivity contribution in [1.82, 2.24) is 4.90 Å². The summed E-state index contributed by atoms with van der Waals surface area (Å²) in [5.74, 6) is 1.05. The predicted molar refractivity (Wildman–Crippen MR) is 83.6 cm³/mol. The highest BCUT2D eigenvalue weighted by atomic mass is 32.2. The molecule has 0 spiro atoms. The summed E-state index contributed by atoms with van der Waals surface area (Å²) in [7, 11) is -2.82. The number of benzene rings is 1. The van der Waals surface area contributed by atoms with Crippen LogP contribution in [0.1, 0.15) is 31.7 Å². The van der Waals surface area contributed by atoms with Crippen LogP contribution >= 0.6 is 0 Å². The summed E-state index contributed by atoms with van der Waals surface area (Å²) in [4.78, 5) is 2.29. The van der Waals surface area contributed by atoms with Gasteiger partial charge in [-0.2, -0.15) is 0 Å². The Kier molecular flexibility index (Phi) is 4.70. The monoisotopic (exact) mass is 296 g/mol. The molecule has 0 aromatic heterocycles. The van der Waals surface area contributed by atoms with Gasteiger partial charge in [-0.25, -0.2) is 8.42 Å². The summed E-state index contributed by atoms with van der Waals surface area (Å²) in [6, 6.07) is 8.14. The second-order valence-electron chi connectivity index (χ2n) is 5.86. The van der Waals surface area contributed by atoms with Crippen molar-refractivity contribution in [3.8, 4) is 0 Å². The molecule has 0 radical (unpaired) electrons. The van der Waals surface area contributed by atoms with Crippen LogP contribution in [-0.4, -0.2) is 44.0 Å². The van der Waals surface area contributed by atoms with Crippen LogP contribution in [-0.2, 0) is 9.84 Å². The fourth-order valence-electron chi connectivity index (χ4n) is 2.72. The van der Waals surface area contributed by atoms with Gasteiger partial charge in [-0.15, -0.1) is 0 Å². The van der Waals surface area contributed by atoms with Gasteiger partial charge in [-0.3, -0.25) is 4.90 Å². The maximum absolute atomic E-state index is 11.6. The summed E-state index contributed by atoms with van der Waals surface area (Å²) in [6.07, 6.45) is 1.04. The van der Waals surface area contributed by atoms with E-state index in [2.05, 4.69) is 24.0 Å². The highest BCUT2D eigenvalue weighted by molar-refractivity contribution is 7.91. The normalized spacial score (nSPS) is 24.4. The first-order valence-corrected chi connectivity index (χ1v) is 8.99. The summed E-state index contributed by atoms with van der Waals surface area (Å²) in [6.45, 7) is 5.82. The third-order valence-corrected chi connectivity index (χ3v) is 5.96. The molecule has 0 saturated carbocycles. The Balaban J connectivity index is 1.87. The lowest BCUT2D eigenvalue weighted by atomic mass is 9.97. The van der Waals surface area contributed by atoms with Crippen molar-refractivity contribution >= 4 is 15.5 Å². The lowest BCUT2D eigenvalue weighted by molar-refractivity contribution is 0.219. The van der Waals surface area contributed by atoms with Crippen LogP contribution in [0.2, 0.25) is 0 Å². The quantitative estimate of drug-likeness (QED) is 0.862. The highest BCUT2D eigenvalue weighted by Gasteiger charge is 2.27. The van der Waals surface area contributed by atoms with Gasteiger partial charge in [0.1, 0.15) is 0 Å². The van der Waals surface area contributed by atoms with Gasteiger partial charge in [0.2, 0.25) is 0 Å². The lowest BCUT2D eigenvalue weighted by Gasteiger charge is -2.33. The smallest absolute Gasteiger partial charge is 0.153 e. The number of hydrogen-bond acceptors (Lipinski definition) is 4. The Morgan fingerprint density at radius 3 is 2.60 bits per heavy atom. The second kappa shape index (κ2) is 6.14. The van der Waals surface area contributed by atoms with Gasteiger partial charge in [0.15, 0.2) is 9.84 Å². The molecule has 0 aliphatic carbocycles. The predicted octanol–water partition coefficient (Wildman–Crippen LogP) is 1.88. The molecule has 0 amide bonds. The third-order valence-electron chi connectivity index (χ3n) is 4.16. The van der Waals surface area contributed by atoms with Gasteiger partial charge in [-0.1, -0.05) is 19.1 Å². The van der Waals surface area contributed by atoms with Crippen molar-refractivity contribution in [2.75, 3.05) is 30.3 Å². The number of nitrogens with zero attached hydrogens (tertiary/aromatic N) is 1. The minimum absolute atomic E-state index is 0.132. The van der Waals surface area contributed by atoms with Crippen molar-refractivity contribution in [2.24, 2.45) is 0 Å². The molecular weight excluding hydrogens is 272 g/mol. The molecule has 5 heteroatoms. The minimum Gasteiger partial charge on any atom is -0.399 e. The Morgan fingerprint density at radius 2 is 2.00 bits per heavy atom. The summed E-state index contributed by atoms with van der Waals surface area (Å²) in [5, 5.41) is 0. The van der Waals surface area contributed by atoms with Crippen LogP contribution in [0.25, 0.3) is 0 Å². The van der Waals surface area contributed by atoms with Crippen molar-refractivity contribution in [2.45, 2.75) is 32.2 Å². The molecule has 1 aromatic rings. The van der Waals surface area contributed by atoms with Gasteiger partial charge in [0.25, 0.3) is 0 Å². The zero-order valence-electron chi connectivity index (χ0n) is 12.2. The molecule has 1 aromatic carbocycles. The molecule has 0 bridgehead atoms. The molecule has 2 unspecified atom stereocenters. The number of hydrogen-bond donors (Lipinski definition) is 1. The lowest BCUT2D eigenvalue weighted by Crippen LogP contribution is -2.47. The van der Waals surface area contributed by atoms with E-state index in [1.165, 1.54) is 5.56 Å². The van der Waals surface area contributed by atoms with Crippen molar-refractivity contribution in [3.05, 3.63) is 29.8 Å². The molecule has 2 atom stereocenters. The number of nitrogen functional groups attached to an aromatic ring is 1. The maximum Gasteiger partial charge on any atom is 0.153 e. The van der Waals surface area contributed by atoms with Crippen LogP contribution in [0.3, 0.4) is 0 Å². The van der Waals surface area contributed by atoms with E-state index in [1.807, 2.05) is 19.1 Å². The number of anilines is 1. The third kappa shape index (κ3) is 3.96. The number of nitrogens with two attached hydrogens (primary N) is 1. The van der Waals surface area contributed by atoms with E-state index in [0.29, 0.717) is 24.0 Å². The van der Waals surface area contributed by atoms with Gasteiger partial charge in [0.05, 0.1) is 11.5 Å². The average molecular weight is 296 g/mol. The first-order chi connectivity index (χ1) is 9.37. The number of rotatable bonds is 4. The minimum atomic E-state index is -2.82. The van der Waals surface area contributed by atoms with Gasteiger partial charge < -0.3 is 5.73 Å². The van der Waals surface area contributed by atoms with Gasteiger partial charge in [0, 0.05) is 18.3 Å². The zero-order chi connectivity index (χ0) is 14.8. The van der Waals surface area contributed by atoms with Crippen molar-refractivity contribution < 1.29 is 8.42 Å². The molecule has 2 N–H and O–H groups in total. The van der Waals surface area contributed by atoms with E-state index in [4.69, 9.17) is 5.73 Å². The fourth-order valence-corrected chi connectivity index (χ4v) is 4.34. The molecule has 2 rings (SSSR count). The standard InChI is InChI=1S/C15H24N2O2S/c1-12(14-3-5-15(16)6-4-14)7-8-17-9-10-20(18,19)11-13(17)2/h3-6,12-13H,7-11,16H2,1-2H3. The average Bonchev–Trinajstić information content (AvgIpc) is 2.37. The van der Waals surface area contributed by atoms with E-state index >= 15 is 0 Å². The van der Waals surface area contributed by atoms with Crippen molar-refractivity contribution in [1.29, 1.82) is 0 Å². The fraction of sp³-hybridized carbons (Fsp3) is 0.600. The van der Waals surface area contributed by atoms with Crippen LogP contribution in [0.4, 0.5) is 5.69 Å². The second-order valence-corrected chi connectivity index (χ2v) is 8.08. The Morgan fingerprint density at radius 1 is 1.35 bits per heavy atom. The van der Waals surface area contributed by atoms with Gasteiger partial charge in [-0.05, 0) is 43.5 Å². The Bertz CT molecular complexity index is 539. The van der Waals surface area contributed by atoms with E-state index in [9.17, 15) is 8.42 Å².